The molecule has 0 unspecified atom stereocenters. The molecule has 0 bridgehead atoms. The Morgan fingerprint density at radius 1 is 1.33 bits per heavy atom. The molecule has 0 atom stereocenters. The van der Waals surface area contributed by atoms with Gasteiger partial charge in [0.25, 0.3) is 0 Å². The fourth-order valence-corrected chi connectivity index (χ4v) is 2.25. The van der Waals surface area contributed by atoms with E-state index >= 15 is 0 Å². The Hall–Kier alpha value is -2.16. The van der Waals surface area contributed by atoms with Crippen LogP contribution in [-0.2, 0) is 9.53 Å². The van der Waals surface area contributed by atoms with Crippen LogP contribution in [0.1, 0.15) is 43.5 Å². The van der Waals surface area contributed by atoms with Crippen molar-refractivity contribution in [2.75, 3.05) is 6.61 Å². The van der Waals surface area contributed by atoms with Gasteiger partial charge in [-0.15, -0.1) is 0 Å². The summed E-state index contributed by atoms with van der Waals surface area (Å²) < 4.78 is 4.93. The highest BCUT2D eigenvalue weighted by Crippen LogP contribution is 2.24. The van der Waals surface area contributed by atoms with E-state index in [1.165, 1.54) is 11.6 Å². The smallest absolute Gasteiger partial charge is 0.330 e. The first-order valence-corrected chi connectivity index (χ1v) is 7.27. The molecule has 0 saturated carbocycles. The molecule has 0 aliphatic rings. The van der Waals surface area contributed by atoms with Crippen LogP contribution in [-0.4, -0.2) is 17.6 Å². The van der Waals surface area contributed by atoms with Crippen molar-refractivity contribution in [3.63, 3.8) is 0 Å². The molecule has 1 aromatic carbocycles. The molecule has 0 spiro atoms. The number of carbonyl (C=O) groups is 1. The lowest BCUT2D eigenvalue weighted by Gasteiger charge is -2.09. The molecule has 0 saturated heterocycles. The summed E-state index contributed by atoms with van der Waals surface area (Å²) in [5.74, 6) is 0.137. The number of hydrogen-bond acceptors (Lipinski definition) is 3. The topological polar surface area (TPSA) is 39.2 Å². The summed E-state index contributed by atoms with van der Waals surface area (Å²) in [4.78, 5) is 16.0. The average Bonchev–Trinajstić information content (AvgIpc) is 2.44. The van der Waals surface area contributed by atoms with Gasteiger partial charge in [-0.05, 0) is 55.2 Å². The lowest BCUT2D eigenvalue weighted by Crippen LogP contribution is -1.99. The number of fused-ring (bicyclic) bond motifs is 1. The highest BCUT2D eigenvalue weighted by molar-refractivity contribution is 5.93. The number of carbonyl (C=O) groups excluding carboxylic acids is 1. The minimum Gasteiger partial charge on any atom is -0.463 e. The number of pyridine rings is 1. The second kappa shape index (κ2) is 6.53. The third kappa shape index (κ3) is 3.69. The van der Waals surface area contributed by atoms with Gasteiger partial charge >= 0.3 is 5.97 Å². The number of aromatic nitrogens is 1. The van der Waals surface area contributed by atoms with Crippen molar-refractivity contribution in [2.24, 2.45) is 0 Å². The van der Waals surface area contributed by atoms with Crippen molar-refractivity contribution in [2.45, 2.75) is 33.6 Å². The summed E-state index contributed by atoms with van der Waals surface area (Å²) >= 11 is 0. The maximum atomic E-state index is 11.5. The van der Waals surface area contributed by atoms with Crippen molar-refractivity contribution in [3.8, 4) is 0 Å². The number of nitrogens with zero attached hydrogens (tertiary/aromatic N) is 1. The fourth-order valence-electron chi connectivity index (χ4n) is 2.25. The number of esters is 1. The molecule has 0 aliphatic heterocycles. The van der Waals surface area contributed by atoms with Gasteiger partial charge in [0.1, 0.15) is 0 Å². The number of benzene rings is 1. The largest absolute Gasteiger partial charge is 0.463 e. The highest BCUT2D eigenvalue weighted by Gasteiger charge is 2.06. The average molecular weight is 283 g/mol. The van der Waals surface area contributed by atoms with E-state index in [1.54, 1.807) is 13.0 Å². The van der Waals surface area contributed by atoms with E-state index in [9.17, 15) is 4.79 Å². The Bertz CT molecular complexity index is 687. The first-order valence-electron chi connectivity index (χ1n) is 7.27. The van der Waals surface area contributed by atoms with Crippen molar-refractivity contribution in [3.05, 3.63) is 47.2 Å². The monoisotopic (exact) mass is 283 g/mol. The lowest BCUT2D eigenvalue weighted by atomic mass is 9.98. The zero-order valence-electron chi connectivity index (χ0n) is 13.0. The molecule has 21 heavy (non-hydrogen) atoms. The third-order valence-corrected chi connectivity index (χ3v) is 3.35. The molecular formula is C18H21NO2. The van der Waals surface area contributed by atoms with E-state index in [0.29, 0.717) is 12.5 Å². The molecule has 1 aromatic heterocycles. The van der Waals surface area contributed by atoms with E-state index in [4.69, 9.17) is 4.74 Å². The molecule has 0 N–H and O–H groups in total. The van der Waals surface area contributed by atoms with Crippen LogP contribution in [0.4, 0.5) is 0 Å². The van der Waals surface area contributed by atoms with Crippen molar-refractivity contribution in [1.29, 1.82) is 0 Å². The van der Waals surface area contributed by atoms with Gasteiger partial charge in [0.2, 0.25) is 0 Å². The van der Waals surface area contributed by atoms with E-state index in [0.717, 1.165) is 22.2 Å². The Morgan fingerprint density at radius 2 is 2.10 bits per heavy atom. The lowest BCUT2D eigenvalue weighted by molar-refractivity contribution is -0.137. The summed E-state index contributed by atoms with van der Waals surface area (Å²) in [6.07, 6.45) is 3.28. The Morgan fingerprint density at radius 3 is 2.76 bits per heavy atom. The molecule has 1 heterocycles. The zero-order valence-corrected chi connectivity index (χ0v) is 13.0. The molecule has 3 heteroatoms. The van der Waals surface area contributed by atoms with Gasteiger partial charge in [-0.1, -0.05) is 19.9 Å². The van der Waals surface area contributed by atoms with Crippen LogP contribution in [0.25, 0.3) is 17.0 Å². The van der Waals surface area contributed by atoms with Crippen LogP contribution in [0.3, 0.4) is 0 Å². The highest BCUT2D eigenvalue weighted by atomic mass is 16.5. The van der Waals surface area contributed by atoms with Crippen LogP contribution in [0, 0.1) is 6.92 Å². The van der Waals surface area contributed by atoms with Crippen LogP contribution in [0.2, 0.25) is 0 Å². The molecule has 110 valence electrons. The van der Waals surface area contributed by atoms with Crippen LogP contribution in [0.15, 0.2) is 30.3 Å². The third-order valence-electron chi connectivity index (χ3n) is 3.35. The first-order chi connectivity index (χ1) is 10.0. The quantitative estimate of drug-likeness (QED) is 0.622. The van der Waals surface area contributed by atoms with Gasteiger partial charge in [-0.2, -0.15) is 0 Å². The second-order valence-corrected chi connectivity index (χ2v) is 5.37. The fraction of sp³-hybridized carbons (Fsp3) is 0.333. The number of aryl methyl sites for hydroxylation is 1. The predicted octanol–water partition coefficient (Wildman–Crippen LogP) is 4.24. The van der Waals surface area contributed by atoms with E-state index in [2.05, 4.69) is 31.0 Å². The normalized spacial score (nSPS) is 11.5. The van der Waals surface area contributed by atoms with Gasteiger partial charge < -0.3 is 4.74 Å². The van der Waals surface area contributed by atoms with Crippen molar-refractivity contribution >= 4 is 22.9 Å². The molecule has 0 amide bonds. The van der Waals surface area contributed by atoms with Crippen LogP contribution >= 0.6 is 0 Å². The summed E-state index contributed by atoms with van der Waals surface area (Å²) in [6, 6.07) is 8.29. The van der Waals surface area contributed by atoms with Gasteiger partial charge in [0.05, 0.1) is 12.1 Å². The summed E-state index contributed by atoms with van der Waals surface area (Å²) in [5, 5.41) is 1.06. The Kier molecular flexibility index (Phi) is 4.73. The molecular weight excluding hydrogens is 262 g/mol. The van der Waals surface area contributed by atoms with E-state index in [1.807, 2.05) is 19.1 Å². The summed E-state index contributed by atoms with van der Waals surface area (Å²) in [7, 11) is 0. The Labute approximate surface area is 125 Å². The van der Waals surface area contributed by atoms with Crippen LogP contribution < -0.4 is 0 Å². The maximum Gasteiger partial charge on any atom is 0.330 e. The molecule has 0 fully saturated rings. The minimum atomic E-state index is -0.319. The SMILES string of the molecule is CCOC(=O)/C=C/c1cc(C)nc2ccc(C(C)C)cc12. The molecule has 2 aromatic rings. The molecule has 0 radical (unpaired) electrons. The van der Waals surface area contributed by atoms with Crippen molar-refractivity contribution < 1.29 is 9.53 Å². The number of ether oxygens (including phenoxy) is 1. The predicted molar refractivity (Wildman–Crippen MR) is 86.2 cm³/mol. The summed E-state index contributed by atoms with van der Waals surface area (Å²) in [5.41, 5.74) is 4.14. The van der Waals surface area contributed by atoms with Gasteiger partial charge in [-0.25, -0.2) is 4.79 Å². The molecule has 0 aliphatic carbocycles. The Balaban J connectivity index is 2.50. The molecule has 2 rings (SSSR count). The summed E-state index contributed by atoms with van der Waals surface area (Å²) in [6.45, 7) is 8.47. The van der Waals surface area contributed by atoms with E-state index < -0.39 is 0 Å². The standard InChI is InChI=1S/C18H21NO2/c1-5-21-18(20)9-7-15-10-13(4)19-17-8-6-14(12(2)3)11-16(15)17/h6-12H,5H2,1-4H3/b9-7+. The molecule has 3 nitrogen and oxygen atoms in total. The maximum absolute atomic E-state index is 11.5. The van der Waals surface area contributed by atoms with Gasteiger partial charge in [-0.3, -0.25) is 4.98 Å². The van der Waals surface area contributed by atoms with Gasteiger partial charge in [0, 0.05) is 17.2 Å². The van der Waals surface area contributed by atoms with Gasteiger partial charge in [0.15, 0.2) is 0 Å². The van der Waals surface area contributed by atoms with Crippen LogP contribution in [0.5, 0.6) is 0 Å². The minimum absolute atomic E-state index is 0.319. The first kappa shape index (κ1) is 15.2. The number of hydrogen-bond donors (Lipinski definition) is 0. The van der Waals surface area contributed by atoms with Crippen molar-refractivity contribution in [1.82, 2.24) is 4.98 Å². The second-order valence-electron chi connectivity index (χ2n) is 5.37. The number of rotatable bonds is 4. The van der Waals surface area contributed by atoms with E-state index in [-0.39, 0.29) is 5.97 Å². The zero-order chi connectivity index (χ0) is 15.4.